The van der Waals surface area contributed by atoms with E-state index in [2.05, 4.69) is 0 Å². The molecule has 2 aromatic carbocycles. The second-order valence-electron chi connectivity index (χ2n) is 6.13. The Morgan fingerprint density at radius 2 is 1.50 bits per heavy atom. The number of hydrogen-bond donors (Lipinski definition) is 0. The van der Waals surface area contributed by atoms with Crippen LogP contribution in [0.1, 0.15) is 20.7 Å². The van der Waals surface area contributed by atoms with E-state index in [1.54, 1.807) is 29.2 Å². The van der Waals surface area contributed by atoms with Crippen molar-refractivity contribution in [2.75, 3.05) is 32.7 Å². The molecule has 1 fully saturated rings. The van der Waals surface area contributed by atoms with E-state index in [-0.39, 0.29) is 23.8 Å². The highest BCUT2D eigenvalue weighted by Gasteiger charge is 2.24. The van der Waals surface area contributed by atoms with Gasteiger partial charge in [0.1, 0.15) is 0 Å². The standard InChI is InChI=1S/C19H17ClF2N2O2/c20-15-4-1-13(2-5-15)18(25)12-23-7-9-24(10-8-23)19(26)14-3-6-16(21)17(22)11-14/h1-6,11H,7-10,12H2. The summed E-state index contributed by atoms with van der Waals surface area (Å²) in [5.74, 6) is -2.37. The van der Waals surface area contributed by atoms with Crippen LogP contribution in [0.2, 0.25) is 5.02 Å². The fraction of sp³-hybridized carbons (Fsp3) is 0.263. The number of rotatable bonds is 4. The molecule has 0 spiro atoms. The van der Waals surface area contributed by atoms with Crippen molar-refractivity contribution in [2.45, 2.75) is 0 Å². The lowest BCUT2D eigenvalue weighted by molar-refractivity contribution is 0.0624. The van der Waals surface area contributed by atoms with E-state index in [4.69, 9.17) is 11.6 Å². The van der Waals surface area contributed by atoms with E-state index in [0.717, 1.165) is 12.1 Å². The van der Waals surface area contributed by atoms with Gasteiger partial charge in [0.2, 0.25) is 0 Å². The number of benzene rings is 2. The van der Waals surface area contributed by atoms with Crippen molar-refractivity contribution in [2.24, 2.45) is 0 Å². The van der Waals surface area contributed by atoms with E-state index in [9.17, 15) is 18.4 Å². The minimum absolute atomic E-state index is 0.0120. The van der Waals surface area contributed by atoms with Crippen LogP contribution in [0, 0.1) is 11.6 Å². The predicted molar refractivity (Wildman–Crippen MR) is 94.5 cm³/mol. The Bertz CT molecular complexity index is 819. The molecular formula is C19H17ClF2N2O2. The highest BCUT2D eigenvalue weighted by molar-refractivity contribution is 6.30. The van der Waals surface area contributed by atoms with Gasteiger partial charge in [-0.1, -0.05) is 11.6 Å². The maximum atomic E-state index is 13.3. The van der Waals surface area contributed by atoms with Crippen molar-refractivity contribution >= 4 is 23.3 Å². The average molecular weight is 379 g/mol. The van der Waals surface area contributed by atoms with Gasteiger partial charge in [-0.25, -0.2) is 8.78 Å². The van der Waals surface area contributed by atoms with Gasteiger partial charge in [0.15, 0.2) is 17.4 Å². The fourth-order valence-electron chi connectivity index (χ4n) is 2.85. The first kappa shape index (κ1) is 18.5. The van der Waals surface area contributed by atoms with E-state index >= 15 is 0 Å². The minimum Gasteiger partial charge on any atom is -0.336 e. The zero-order valence-corrected chi connectivity index (χ0v) is 14.7. The lowest BCUT2D eigenvalue weighted by atomic mass is 10.1. The van der Waals surface area contributed by atoms with E-state index in [1.165, 1.54) is 6.07 Å². The fourth-order valence-corrected chi connectivity index (χ4v) is 2.98. The number of piperazine rings is 1. The van der Waals surface area contributed by atoms with Crippen LogP contribution in [0.5, 0.6) is 0 Å². The first-order valence-corrected chi connectivity index (χ1v) is 8.57. The van der Waals surface area contributed by atoms with Crippen LogP contribution in [-0.2, 0) is 0 Å². The second kappa shape index (κ2) is 7.93. The Balaban J connectivity index is 1.55. The molecule has 26 heavy (non-hydrogen) atoms. The summed E-state index contributed by atoms with van der Waals surface area (Å²) in [7, 11) is 0. The smallest absolute Gasteiger partial charge is 0.254 e. The van der Waals surface area contributed by atoms with Gasteiger partial charge in [0, 0.05) is 42.3 Å². The summed E-state index contributed by atoms with van der Waals surface area (Å²) in [6.45, 7) is 2.18. The van der Waals surface area contributed by atoms with Crippen molar-refractivity contribution in [1.82, 2.24) is 9.80 Å². The van der Waals surface area contributed by atoms with Crippen LogP contribution in [0.25, 0.3) is 0 Å². The number of carbonyl (C=O) groups excluding carboxylic acids is 2. The molecule has 136 valence electrons. The maximum absolute atomic E-state index is 13.3. The van der Waals surface area contributed by atoms with Gasteiger partial charge in [0.05, 0.1) is 6.54 Å². The van der Waals surface area contributed by atoms with Crippen LogP contribution in [-0.4, -0.2) is 54.2 Å². The molecule has 1 saturated heterocycles. The van der Waals surface area contributed by atoms with Gasteiger partial charge in [0.25, 0.3) is 5.91 Å². The Hall–Kier alpha value is -2.31. The third-order valence-corrected chi connectivity index (χ3v) is 4.61. The molecule has 3 rings (SSSR count). The largest absolute Gasteiger partial charge is 0.336 e. The Morgan fingerprint density at radius 3 is 2.12 bits per heavy atom. The number of amides is 1. The zero-order valence-electron chi connectivity index (χ0n) is 13.9. The molecule has 0 aromatic heterocycles. The summed E-state index contributed by atoms with van der Waals surface area (Å²) in [4.78, 5) is 28.2. The van der Waals surface area contributed by atoms with Crippen molar-refractivity contribution in [1.29, 1.82) is 0 Å². The monoisotopic (exact) mass is 378 g/mol. The number of carbonyl (C=O) groups is 2. The molecule has 1 amide bonds. The van der Waals surface area contributed by atoms with Crippen molar-refractivity contribution in [3.05, 3.63) is 70.2 Å². The van der Waals surface area contributed by atoms with Gasteiger partial charge >= 0.3 is 0 Å². The lowest BCUT2D eigenvalue weighted by Gasteiger charge is -2.34. The quantitative estimate of drug-likeness (QED) is 0.767. The molecule has 0 unspecified atom stereocenters. The topological polar surface area (TPSA) is 40.6 Å². The van der Waals surface area contributed by atoms with Crippen LogP contribution < -0.4 is 0 Å². The molecule has 4 nitrogen and oxygen atoms in total. The normalized spacial score (nSPS) is 15.1. The Kier molecular flexibility index (Phi) is 5.64. The molecule has 1 aliphatic rings. The zero-order chi connectivity index (χ0) is 18.7. The minimum atomic E-state index is -1.04. The molecule has 0 atom stereocenters. The summed E-state index contributed by atoms with van der Waals surface area (Å²) in [6.07, 6.45) is 0. The number of ketones is 1. The Labute approximate surface area is 155 Å². The first-order valence-electron chi connectivity index (χ1n) is 8.19. The molecule has 1 aliphatic heterocycles. The second-order valence-corrected chi connectivity index (χ2v) is 6.56. The predicted octanol–water partition coefficient (Wildman–Crippen LogP) is 3.26. The molecule has 0 N–H and O–H groups in total. The molecule has 0 bridgehead atoms. The molecule has 0 radical (unpaired) electrons. The molecule has 0 saturated carbocycles. The number of halogens is 3. The van der Waals surface area contributed by atoms with Crippen molar-refractivity contribution in [3.63, 3.8) is 0 Å². The van der Waals surface area contributed by atoms with Crippen LogP contribution in [0.4, 0.5) is 8.78 Å². The van der Waals surface area contributed by atoms with Crippen molar-refractivity contribution < 1.29 is 18.4 Å². The van der Waals surface area contributed by atoms with Gasteiger partial charge in [-0.05, 0) is 42.5 Å². The van der Waals surface area contributed by atoms with Gasteiger partial charge in [-0.15, -0.1) is 0 Å². The number of nitrogens with zero attached hydrogens (tertiary/aromatic N) is 2. The number of Topliss-reactive ketones (excluding diaryl/α,β-unsaturated/α-hetero) is 1. The summed E-state index contributed by atoms with van der Waals surface area (Å²) in [5, 5.41) is 0.575. The molecule has 2 aromatic rings. The summed E-state index contributed by atoms with van der Waals surface area (Å²) >= 11 is 5.82. The third kappa shape index (κ3) is 4.26. The lowest BCUT2D eigenvalue weighted by Crippen LogP contribution is -2.49. The number of hydrogen-bond acceptors (Lipinski definition) is 3. The first-order chi connectivity index (χ1) is 12.4. The molecular weight excluding hydrogens is 362 g/mol. The third-order valence-electron chi connectivity index (χ3n) is 4.36. The van der Waals surface area contributed by atoms with Crippen LogP contribution in [0.3, 0.4) is 0 Å². The Morgan fingerprint density at radius 1 is 0.885 bits per heavy atom. The van der Waals surface area contributed by atoms with Crippen molar-refractivity contribution in [3.8, 4) is 0 Å². The molecule has 0 aliphatic carbocycles. The van der Waals surface area contributed by atoms with Crippen LogP contribution in [0.15, 0.2) is 42.5 Å². The van der Waals surface area contributed by atoms with E-state index < -0.39 is 11.6 Å². The highest BCUT2D eigenvalue weighted by Crippen LogP contribution is 2.14. The van der Waals surface area contributed by atoms with Gasteiger partial charge in [-0.2, -0.15) is 0 Å². The van der Waals surface area contributed by atoms with E-state index in [1.807, 2.05) is 4.90 Å². The summed E-state index contributed by atoms with van der Waals surface area (Å²) in [6, 6.07) is 9.86. The maximum Gasteiger partial charge on any atom is 0.254 e. The van der Waals surface area contributed by atoms with Crippen LogP contribution >= 0.6 is 11.6 Å². The summed E-state index contributed by atoms with van der Waals surface area (Å²) in [5.41, 5.74) is 0.712. The average Bonchev–Trinajstić information content (AvgIpc) is 2.64. The molecule has 1 heterocycles. The highest BCUT2D eigenvalue weighted by atomic mass is 35.5. The van der Waals surface area contributed by atoms with E-state index in [0.29, 0.717) is 36.8 Å². The molecule has 7 heteroatoms. The van der Waals surface area contributed by atoms with Gasteiger partial charge < -0.3 is 4.90 Å². The summed E-state index contributed by atoms with van der Waals surface area (Å²) < 4.78 is 26.3. The SMILES string of the molecule is O=C(CN1CCN(C(=O)c2ccc(F)c(F)c2)CC1)c1ccc(Cl)cc1. The van der Waals surface area contributed by atoms with Gasteiger partial charge in [-0.3, -0.25) is 14.5 Å².